The smallest absolute Gasteiger partial charge is 0.236 e. The first kappa shape index (κ1) is 26.8. The predicted octanol–water partition coefficient (Wildman–Crippen LogP) is 2.04. The van der Waals surface area contributed by atoms with Crippen LogP contribution in [0.5, 0.6) is 0 Å². The second-order valence-electron chi connectivity index (χ2n) is 10.2. The SMILES string of the molecule is CN(C)CCN(c1nc(-c2cnn3ccccc23)nc(N2CCOCC2)c1F)[C@@H]1CCCN(C(=O)CC#N)C1. The van der Waals surface area contributed by atoms with E-state index in [0.717, 1.165) is 18.4 Å². The van der Waals surface area contributed by atoms with E-state index < -0.39 is 5.82 Å². The average Bonchev–Trinajstić information content (AvgIpc) is 3.39. The molecule has 0 aliphatic carbocycles. The van der Waals surface area contributed by atoms with Gasteiger partial charge in [-0.1, -0.05) is 6.07 Å². The minimum atomic E-state index is -0.476. The van der Waals surface area contributed by atoms with E-state index in [0.29, 0.717) is 63.9 Å². The van der Waals surface area contributed by atoms with Crippen molar-refractivity contribution in [2.24, 2.45) is 0 Å². The molecule has 2 saturated heterocycles. The molecule has 1 amide bonds. The number of fused-ring (bicyclic) bond motifs is 1. The number of ether oxygens (including phenoxy) is 1. The fourth-order valence-electron chi connectivity index (χ4n) is 5.21. The van der Waals surface area contributed by atoms with Crippen LogP contribution in [0.3, 0.4) is 0 Å². The maximum atomic E-state index is 16.5. The van der Waals surface area contributed by atoms with E-state index in [1.165, 1.54) is 0 Å². The Morgan fingerprint density at radius 1 is 1.21 bits per heavy atom. The zero-order valence-corrected chi connectivity index (χ0v) is 22.5. The van der Waals surface area contributed by atoms with Crippen LogP contribution in [0.4, 0.5) is 16.0 Å². The van der Waals surface area contributed by atoms with Gasteiger partial charge in [-0.15, -0.1) is 0 Å². The van der Waals surface area contributed by atoms with E-state index in [9.17, 15) is 4.79 Å². The summed E-state index contributed by atoms with van der Waals surface area (Å²) in [6.45, 7) is 4.24. The van der Waals surface area contributed by atoms with Crippen LogP contribution in [0.15, 0.2) is 30.6 Å². The number of likely N-dealkylation sites (N-methyl/N-ethyl adjacent to an activating group) is 1. The Morgan fingerprint density at radius 3 is 2.79 bits per heavy atom. The van der Waals surface area contributed by atoms with Crippen LogP contribution in [-0.2, 0) is 9.53 Å². The molecule has 0 radical (unpaired) electrons. The maximum Gasteiger partial charge on any atom is 0.236 e. The number of rotatable bonds is 8. The molecule has 0 aromatic carbocycles. The van der Waals surface area contributed by atoms with Crippen molar-refractivity contribution in [3.63, 3.8) is 0 Å². The number of hydrogen-bond acceptors (Lipinski definition) is 9. The molecule has 206 valence electrons. The Balaban J connectivity index is 1.60. The van der Waals surface area contributed by atoms with Crippen LogP contribution < -0.4 is 9.80 Å². The molecule has 0 saturated carbocycles. The Bertz CT molecular complexity index is 1350. The molecular formula is C27H34FN9O2. The molecule has 0 spiro atoms. The zero-order valence-electron chi connectivity index (χ0n) is 22.5. The van der Waals surface area contributed by atoms with Gasteiger partial charge in [-0.05, 0) is 39.1 Å². The number of piperidine rings is 1. The van der Waals surface area contributed by atoms with Crippen molar-refractivity contribution < 1.29 is 13.9 Å². The molecule has 3 aromatic heterocycles. The molecule has 5 rings (SSSR count). The number of nitriles is 1. The fourth-order valence-corrected chi connectivity index (χ4v) is 5.21. The summed E-state index contributed by atoms with van der Waals surface area (Å²) in [5, 5.41) is 13.5. The molecule has 0 unspecified atom stereocenters. The molecular weight excluding hydrogens is 501 g/mol. The van der Waals surface area contributed by atoms with Gasteiger partial charge in [0.2, 0.25) is 11.7 Å². The second kappa shape index (κ2) is 11.9. The number of aromatic nitrogens is 4. The van der Waals surface area contributed by atoms with Crippen LogP contribution in [0.25, 0.3) is 16.9 Å². The van der Waals surface area contributed by atoms with Gasteiger partial charge in [0.1, 0.15) is 6.42 Å². The van der Waals surface area contributed by atoms with Gasteiger partial charge in [0.05, 0.1) is 36.6 Å². The third-order valence-electron chi connectivity index (χ3n) is 7.27. The number of amides is 1. The summed E-state index contributed by atoms with van der Waals surface area (Å²) in [6.07, 6.45) is 4.95. The summed E-state index contributed by atoms with van der Waals surface area (Å²) < 4.78 is 23.8. The number of morpholine rings is 1. The lowest BCUT2D eigenvalue weighted by Crippen LogP contribution is -2.52. The monoisotopic (exact) mass is 535 g/mol. The van der Waals surface area contributed by atoms with Crippen molar-refractivity contribution in [1.82, 2.24) is 29.4 Å². The summed E-state index contributed by atoms with van der Waals surface area (Å²) in [4.78, 5) is 29.8. The quantitative estimate of drug-likeness (QED) is 0.428. The minimum absolute atomic E-state index is 0.153. The van der Waals surface area contributed by atoms with Crippen LogP contribution in [0.2, 0.25) is 0 Å². The van der Waals surface area contributed by atoms with Crippen LogP contribution >= 0.6 is 0 Å². The number of pyridine rings is 1. The van der Waals surface area contributed by atoms with Gasteiger partial charge in [-0.3, -0.25) is 4.79 Å². The molecule has 3 aromatic rings. The van der Waals surface area contributed by atoms with Crippen molar-refractivity contribution in [1.29, 1.82) is 5.26 Å². The van der Waals surface area contributed by atoms with Crippen molar-refractivity contribution in [2.45, 2.75) is 25.3 Å². The number of halogens is 1. The molecule has 0 N–H and O–H groups in total. The van der Waals surface area contributed by atoms with Gasteiger partial charge in [0.15, 0.2) is 17.5 Å². The molecule has 0 bridgehead atoms. The Morgan fingerprint density at radius 2 is 2.03 bits per heavy atom. The van der Waals surface area contributed by atoms with Crippen LogP contribution in [-0.4, -0.2) is 108 Å². The van der Waals surface area contributed by atoms with Gasteiger partial charge >= 0.3 is 0 Å². The molecule has 2 aliphatic rings. The topological polar surface area (TPSA) is 106 Å². The lowest BCUT2D eigenvalue weighted by Gasteiger charge is -2.41. The number of carbonyl (C=O) groups is 1. The largest absolute Gasteiger partial charge is 0.378 e. The average molecular weight is 536 g/mol. The van der Waals surface area contributed by atoms with Crippen molar-refractivity contribution in [3.05, 3.63) is 36.4 Å². The van der Waals surface area contributed by atoms with Crippen molar-refractivity contribution >= 4 is 23.1 Å². The van der Waals surface area contributed by atoms with E-state index in [1.54, 1.807) is 15.6 Å². The van der Waals surface area contributed by atoms with Gasteiger partial charge in [-0.25, -0.2) is 14.5 Å². The second-order valence-corrected chi connectivity index (χ2v) is 10.2. The summed E-state index contributed by atoms with van der Waals surface area (Å²) in [5.74, 6) is 0.197. The van der Waals surface area contributed by atoms with E-state index >= 15 is 4.39 Å². The summed E-state index contributed by atoms with van der Waals surface area (Å²) >= 11 is 0. The van der Waals surface area contributed by atoms with Gasteiger partial charge in [0.25, 0.3) is 0 Å². The number of hydrogen-bond donors (Lipinski definition) is 0. The summed E-state index contributed by atoms with van der Waals surface area (Å²) in [5.41, 5.74) is 1.54. The highest BCUT2D eigenvalue weighted by Crippen LogP contribution is 2.33. The Labute approximate surface area is 227 Å². The number of carbonyl (C=O) groups excluding carboxylic acids is 1. The first-order chi connectivity index (χ1) is 19.0. The van der Waals surface area contributed by atoms with E-state index in [4.69, 9.17) is 20.0 Å². The van der Waals surface area contributed by atoms with Gasteiger partial charge < -0.3 is 24.3 Å². The fraction of sp³-hybridized carbons (Fsp3) is 0.519. The minimum Gasteiger partial charge on any atom is -0.378 e. The molecule has 5 heterocycles. The predicted molar refractivity (Wildman–Crippen MR) is 145 cm³/mol. The third kappa shape index (κ3) is 5.79. The number of anilines is 2. The van der Waals surface area contributed by atoms with E-state index in [-0.39, 0.29) is 30.0 Å². The molecule has 2 aliphatic heterocycles. The lowest BCUT2D eigenvalue weighted by atomic mass is 10.0. The molecule has 12 heteroatoms. The molecule has 2 fully saturated rings. The highest BCUT2D eigenvalue weighted by molar-refractivity contribution is 5.79. The van der Waals surface area contributed by atoms with Crippen LogP contribution in [0.1, 0.15) is 19.3 Å². The van der Waals surface area contributed by atoms with Crippen molar-refractivity contribution in [3.8, 4) is 17.5 Å². The molecule has 39 heavy (non-hydrogen) atoms. The Kier molecular flexibility index (Phi) is 8.18. The summed E-state index contributed by atoms with van der Waals surface area (Å²) in [7, 11) is 3.95. The zero-order chi connectivity index (χ0) is 27.4. The third-order valence-corrected chi connectivity index (χ3v) is 7.27. The lowest BCUT2D eigenvalue weighted by molar-refractivity contribution is -0.131. The maximum absolute atomic E-state index is 16.5. The number of nitrogens with zero attached hydrogens (tertiary/aromatic N) is 9. The Hall–Kier alpha value is -3.82. The first-order valence-corrected chi connectivity index (χ1v) is 13.4. The normalized spacial score (nSPS) is 18.0. The highest BCUT2D eigenvalue weighted by Gasteiger charge is 2.33. The summed E-state index contributed by atoms with van der Waals surface area (Å²) in [6, 6.07) is 7.56. The standard InChI is InChI=1S/C27H34FN9O2/c1-33(2)12-13-36(20-6-5-10-35(19-20)23(38)8-9-29)27-24(28)26(34-14-16-39-17-15-34)31-25(32-27)21-18-30-37-11-4-3-7-22(21)37/h3-4,7,11,18,20H,5-6,8,10,12-17,19H2,1-2H3/t20-/m1/s1. The van der Waals surface area contributed by atoms with Crippen molar-refractivity contribution in [2.75, 3.05) is 76.4 Å². The van der Waals surface area contributed by atoms with Gasteiger partial charge in [-0.2, -0.15) is 14.8 Å². The molecule has 1 atom stereocenters. The van der Waals surface area contributed by atoms with E-state index in [2.05, 4.69) is 5.10 Å². The first-order valence-electron chi connectivity index (χ1n) is 13.4. The van der Waals surface area contributed by atoms with E-state index in [1.807, 2.05) is 59.3 Å². The number of likely N-dealkylation sites (tertiary alicyclic amines) is 1. The molecule has 11 nitrogen and oxygen atoms in total. The van der Waals surface area contributed by atoms with Gasteiger partial charge in [0, 0.05) is 51.5 Å². The van der Waals surface area contributed by atoms with Crippen LogP contribution in [0, 0.1) is 17.1 Å². The highest BCUT2D eigenvalue weighted by atomic mass is 19.1.